The molecule has 1 saturated heterocycles. The van der Waals surface area contributed by atoms with Crippen LogP contribution in [0, 0.1) is 5.82 Å². The second kappa shape index (κ2) is 8.16. The lowest BCUT2D eigenvalue weighted by Crippen LogP contribution is -2.43. The van der Waals surface area contributed by atoms with Crippen molar-refractivity contribution in [1.29, 1.82) is 0 Å². The Bertz CT molecular complexity index is 1150. The van der Waals surface area contributed by atoms with Gasteiger partial charge in [-0.2, -0.15) is 0 Å². The summed E-state index contributed by atoms with van der Waals surface area (Å²) in [6.07, 6.45) is 0. The fourth-order valence-corrected chi connectivity index (χ4v) is 3.69. The topological polar surface area (TPSA) is 94.7 Å². The van der Waals surface area contributed by atoms with E-state index in [2.05, 4.69) is 10.3 Å². The van der Waals surface area contributed by atoms with Crippen molar-refractivity contribution in [3.63, 3.8) is 0 Å². The lowest BCUT2D eigenvalue weighted by atomic mass is 10.0. The van der Waals surface area contributed by atoms with Crippen LogP contribution >= 0.6 is 0 Å². The Kier molecular flexibility index (Phi) is 5.41. The molecule has 1 aliphatic rings. The van der Waals surface area contributed by atoms with E-state index < -0.39 is 17.2 Å². The summed E-state index contributed by atoms with van der Waals surface area (Å²) in [5.41, 5.74) is 0.832. The first-order valence-corrected chi connectivity index (χ1v) is 9.81. The fourth-order valence-electron chi connectivity index (χ4n) is 3.69. The van der Waals surface area contributed by atoms with Gasteiger partial charge in [0.2, 0.25) is 5.43 Å². The van der Waals surface area contributed by atoms with Gasteiger partial charge in [-0.15, -0.1) is 0 Å². The van der Waals surface area contributed by atoms with Crippen LogP contribution in [0.2, 0.25) is 0 Å². The zero-order valence-electron chi connectivity index (χ0n) is 16.5. The average molecular weight is 411 g/mol. The van der Waals surface area contributed by atoms with Crippen molar-refractivity contribution in [1.82, 2.24) is 10.3 Å². The molecule has 1 aliphatic heterocycles. The number of hydrogen-bond donors (Lipinski definition) is 3. The zero-order chi connectivity index (χ0) is 21.3. The van der Waals surface area contributed by atoms with Crippen molar-refractivity contribution >= 4 is 22.6 Å². The molecule has 0 saturated carbocycles. The number of fused-ring (bicyclic) bond motifs is 1. The lowest BCUT2D eigenvalue weighted by molar-refractivity contribution is 0.0525. The normalized spacial score (nSPS) is 14.1. The van der Waals surface area contributed by atoms with Gasteiger partial charge < -0.3 is 25.0 Å². The number of nitrogens with one attached hydrogen (secondary N) is 2. The van der Waals surface area contributed by atoms with E-state index in [9.17, 15) is 19.1 Å². The molecule has 1 aromatic heterocycles. The van der Waals surface area contributed by atoms with Crippen LogP contribution in [0.3, 0.4) is 0 Å². The van der Waals surface area contributed by atoms with Gasteiger partial charge in [-0.3, -0.25) is 4.79 Å². The minimum absolute atomic E-state index is 0.0580. The van der Waals surface area contributed by atoms with Crippen molar-refractivity contribution < 1.29 is 19.0 Å². The number of carbonyl (C=O) groups is 1. The standard InChI is InChI=1S/C22H22FN3O4/c1-2-30-22(29)19-20(13-3-5-14(27)6-4-13)25-17-12-18(26-9-7-24-8-10-26)16(23)11-15(17)21(19)28/h3-6,11-12,24,27H,2,7-10H2,1H3,(H,25,28). The summed E-state index contributed by atoms with van der Waals surface area (Å²) < 4.78 is 19.9. The molecule has 30 heavy (non-hydrogen) atoms. The number of aromatic hydroxyl groups is 1. The van der Waals surface area contributed by atoms with E-state index in [-0.39, 0.29) is 29.0 Å². The van der Waals surface area contributed by atoms with Crippen molar-refractivity contribution in [2.24, 2.45) is 0 Å². The molecule has 8 heteroatoms. The summed E-state index contributed by atoms with van der Waals surface area (Å²) in [5, 5.41) is 12.9. The molecule has 7 nitrogen and oxygen atoms in total. The van der Waals surface area contributed by atoms with Crippen molar-refractivity contribution in [2.75, 3.05) is 37.7 Å². The third-order valence-corrected chi connectivity index (χ3v) is 5.16. The maximum absolute atomic E-state index is 14.9. The van der Waals surface area contributed by atoms with Crippen LogP contribution in [-0.2, 0) is 4.74 Å². The predicted molar refractivity (Wildman–Crippen MR) is 113 cm³/mol. The summed E-state index contributed by atoms with van der Waals surface area (Å²) in [5.74, 6) is -1.24. The van der Waals surface area contributed by atoms with Gasteiger partial charge in [0.25, 0.3) is 0 Å². The number of benzene rings is 2. The monoisotopic (exact) mass is 411 g/mol. The molecule has 0 amide bonds. The second-order valence-corrected chi connectivity index (χ2v) is 7.06. The molecule has 0 bridgehead atoms. The van der Waals surface area contributed by atoms with Crippen molar-refractivity contribution in [3.8, 4) is 17.0 Å². The van der Waals surface area contributed by atoms with Crippen molar-refractivity contribution in [2.45, 2.75) is 6.92 Å². The minimum Gasteiger partial charge on any atom is -0.508 e. The minimum atomic E-state index is -0.782. The van der Waals surface area contributed by atoms with Crippen LogP contribution in [-0.4, -0.2) is 48.8 Å². The number of aromatic nitrogens is 1. The molecule has 0 atom stereocenters. The van der Waals surface area contributed by atoms with Gasteiger partial charge in [0.05, 0.1) is 23.5 Å². The van der Waals surface area contributed by atoms with E-state index in [0.29, 0.717) is 29.9 Å². The van der Waals surface area contributed by atoms with Crippen LogP contribution in [0.5, 0.6) is 5.75 Å². The first-order valence-electron chi connectivity index (χ1n) is 9.81. The third kappa shape index (κ3) is 3.61. The number of hydrogen-bond acceptors (Lipinski definition) is 6. The number of carbonyl (C=O) groups excluding carboxylic acids is 1. The largest absolute Gasteiger partial charge is 0.508 e. The second-order valence-electron chi connectivity index (χ2n) is 7.06. The van der Waals surface area contributed by atoms with Crippen LogP contribution in [0.25, 0.3) is 22.2 Å². The third-order valence-electron chi connectivity index (χ3n) is 5.16. The van der Waals surface area contributed by atoms with Crippen LogP contribution in [0.1, 0.15) is 17.3 Å². The number of anilines is 1. The number of ether oxygens (including phenoxy) is 1. The van der Waals surface area contributed by atoms with Gasteiger partial charge in [-0.05, 0) is 48.9 Å². The van der Waals surface area contributed by atoms with E-state index >= 15 is 0 Å². The highest BCUT2D eigenvalue weighted by atomic mass is 19.1. The number of pyridine rings is 1. The SMILES string of the molecule is CCOC(=O)c1c(-c2ccc(O)cc2)[nH]c2cc(N3CCNCC3)c(F)cc2c1=O. The van der Waals surface area contributed by atoms with Crippen LogP contribution < -0.4 is 15.6 Å². The number of rotatable bonds is 4. The number of esters is 1. The molecule has 156 valence electrons. The summed E-state index contributed by atoms with van der Waals surface area (Å²) >= 11 is 0. The first-order chi connectivity index (χ1) is 14.5. The number of nitrogens with zero attached hydrogens (tertiary/aromatic N) is 1. The summed E-state index contributed by atoms with van der Waals surface area (Å²) in [6, 6.07) is 8.89. The van der Waals surface area contributed by atoms with Crippen LogP contribution in [0.4, 0.5) is 10.1 Å². The Morgan fingerprint density at radius 1 is 1.20 bits per heavy atom. The molecule has 3 N–H and O–H groups in total. The Balaban J connectivity index is 1.95. The summed E-state index contributed by atoms with van der Waals surface area (Å²) in [6.45, 7) is 4.54. The Morgan fingerprint density at radius 3 is 2.57 bits per heavy atom. The maximum Gasteiger partial charge on any atom is 0.344 e. The zero-order valence-corrected chi connectivity index (χ0v) is 16.5. The molecule has 0 radical (unpaired) electrons. The number of piperazine rings is 1. The molecule has 0 unspecified atom stereocenters. The Hall–Kier alpha value is -3.39. The molecular formula is C22H22FN3O4. The van der Waals surface area contributed by atoms with E-state index in [4.69, 9.17) is 4.74 Å². The molecule has 3 aromatic rings. The van der Waals surface area contributed by atoms with Gasteiger partial charge >= 0.3 is 5.97 Å². The average Bonchev–Trinajstić information content (AvgIpc) is 2.75. The van der Waals surface area contributed by atoms with E-state index in [1.54, 1.807) is 25.1 Å². The quantitative estimate of drug-likeness (QED) is 0.572. The van der Waals surface area contributed by atoms with Gasteiger partial charge in [0.15, 0.2) is 0 Å². The van der Waals surface area contributed by atoms with Gasteiger partial charge in [0, 0.05) is 31.6 Å². The lowest BCUT2D eigenvalue weighted by Gasteiger charge is -2.30. The number of aromatic amines is 1. The smallest absolute Gasteiger partial charge is 0.344 e. The van der Waals surface area contributed by atoms with E-state index in [1.807, 2.05) is 4.90 Å². The molecular weight excluding hydrogens is 389 g/mol. The van der Waals surface area contributed by atoms with Crippen molar-refractivity contribution in [3.05, 3.63) is 58.0 Å². The number of phenolic OH excluding ortho intramolecular Hbond substituents is 1. The number of phenols is 1. The molecule has 1 fully saturated rings. The van der Waals surface area contributed by atoms with E-state index in [1.165, 1.54) is 18.2 Å². The summed E-state index contributed by atoms with van der Waals surface area (Å²) in [7, 11) is 0. The predicted octanol–water partition coefficient (Wildman–Crippen LogP) is 2.63. The molecule has 4 rings (SSSR count). The Morgan fingerprint density at radius 2 is 1.90 bits per heavy atom. The highest BCUT2D eigenvalue weighted by molar-refractivity contribution is 6.00. The number of H-pyrrole nitrogens is 1. The van der Waals surface area contributed by atoms with Gasteiger partial charge in [0.1, 0.15) is 17.1 Å². The van der Waals surface area contributed by atoms with Gasteiger partial charge in [-0.1, -0.05) is 0 Å². The molecule has 2 heterocycles. The molecule has 0 spiro atoms. The number of halogens is 1. The van der Waals surface area contributed by atoms with Gasteiger partial charge in [-0.25, -0.2) is 9.18 Å². The summed E-state index contributed by atoms with van der Waals surface area (Å²) in [4.78, 5) is 30.8. The molecule has 2 aromatic carbocycles. The first kappa shape index (κ1) is 19.9. The van der Waals surface area contributed by atoms with Crippen LogP contribution in [0.15, 0.2) is 41.2 Å². The Labute approximate surface area is 172 Å². The highest BCUT2D eigenvalue weighted by Crippen LogP contribution is 2.29. The highest BCUT2D eigenvalue weighted by Gasteiger charge is 2.23. The molecule has 0 aliphatic carbocycles. The van der Waals surface area contributed by atoms with E-state index in [0.717, 1.165) is 13.1 Å². The maximum atomic E-state index is 14.9. The fraction of sp³-hybridized carbons (Fsp3) is 0.273.